The van der Waals surface area contributed by atoms with Crippen LogP contribution in [0.2, 0.25) is 0 Å². The molecule has 4 aromatic rings. The number of aryl methyl sites for hydroxylation is 1. The van der Waals surface area contributed by atoms with Gasteiger partial charge in [-0.15, -0.1) is 0 Å². The molecule has 1 aromatic heterocycles. The van der Waals surface area contributed by atoms with Gasteiger partial charge in [0.25, 0.3) is 0 Å². The van der Waals surface area contributed by atoms with E-state index in [4.69, 9.17) is 9.15 Å². The molecule has 0 fully saturated rings. The molecule has 0 saturated carbocycles. The lowest BCUT2D eigenvalue weighted by Gasteiger charge is -2.08. The van der Waals surface area contributed by atoms with Crippen molar-refractivity contribution in [3.05, 3.63) is 89.8 Å². The second-order valence-electron chi connectivity index (χ2n) is 6.50. The van der Waals surface area contributed by atoms with E-state index in [0.29, 0.717) is 0 Å². The Morgan fingerprint density at radius 2 is 1.71 bits per heavy atom. The highest BCUT2D eigenvalue weighted by Gasteiger charge is 2.07. The molecule has 0 atom stereocenters. The van der Waals surface area contributed by atoms with E-state index in [9.17, 15) is 0 Å². The molecular weight excluding hydrogens is 348 g/mol. The number of para-hydroxylation sites is 1. The zero-order valence-corrected chi connectivity index (χ0v) is 16.0. The Bertz CT molecular complexity index is 1150. The standard InChI is InChI=1S/C24H22N2O2/c1-3-17-9-14-23-21(15-17)22(26-25-19-7-5-4-6-8-19)16-24(28-23)18-10-12-20(27-2)13-11-18/h4-16,25H,3H2,1-2H3/b26-22-. The Kier molecular flexibility index (Phi) is 5.11. The molecule has 0 radical (unpaired) electrons. The van der Waals surface area contributed by atoms with Crippen molar-refractivity contribution in [2.75, 3.05) is 12.5 Å². The molecular formula is C24H22N2O2. The van der Waals surface area contributed by atoms with Crippen molar-refractivity contribution in [2.45, 2.75) is 13.3 Å². The van der Waals surface area contributed by atoms with Crippen LogP contribution in [0.1, 0.15) is 12.5 Å². The molecule has 4 heteroatoms. The van der Waals surface area contributed by atoms with Crippen LogP contribution in [0, 0.1) is 0 Å². The Morgan fingerprint density at radius 3 is 2.43 bits per heavy atom. The first-order valence-corrected chi connectivity index (χ1v) is 9.33. The number of hydrogen-bond donors (Lipinski definition) is 1. The summed E-state index contributed by atoms with van der Waals surface area (Å²) in [6.07, 6.45) is 0.960. The molecule has 140 valence electrons. The molecule has 4 nitrogen and oxygen atoms in total. The number of benzene rings is 3. The van der Waals surface area contributed by atoms with Crippen LogP contribution in [0.4, 0.5) is 5.69 Å². The zero-order valence-electron chi connectivity index (χ0n) is 16.0. The number of rotatable bonds is 5. The third kappa shape index (κ3) is 3.76. The van der Waals surface area contributed by atoms with Gasteiger partial charge in [0.05, 0.1) is 18.2 Å². The minimum atomic E-state index is 0.757. The van der Waals surface area contributed by atoms with Crippen LogP contribution in [-0.2, 0) is 6.42 Å². The van der Waals surface area contributed by atoms with Gasteiger partial charge in [-0.2, -0.15) is 5.10 Å². The minimum Gasteiger partial charge on any atom is -0.497 e. The van der Waals surface area contributed by atoms with E-state index >= 15 is 0 Å². The molecule has 0 bridgehead atoms. The number of ether oxygens (including phenoxy) is 1. The van der Waals surface area contributed by atoms with E-state index in [2.05, 4.69) is 29.6 Å². The molecule has 0 amide bonds. The summed E-state index contributed by atoms with van der Waals surface area (Å²) in [5.41, 5.74) is 7.11. The fourth-order valence-corrected chi connectivity index (χ4v) is 3.06. The van der Waals surface area contributed by atoms with E-state index in [0.717, 1.165) is 45.5 Å². The summed E-state index contributed by atoms with van der Waals surface area (Å²) in [6, 6.07) is 26.0. The Labute approximate surface area is 164 Å². The average Bonchev–Trinajstić information content (AvgIpc) is 2.77. The Morgan fingerprint density at radius 1 is 0.929 bits per heavy atom. The third-order valence-electron chi connectivity index (χ3n) is 4.67. The third-order valence-corrected chi connectivity index (χ3v) is 4.67. The lowest BCUT2D eigenvalue weighted by Crippen LogP contribution is -2.08. The van der Waals surface area contributed by atoms with Crippen molar-refractivity contribution >= 4 is 16.7 Å². The lowest BCUT2D eigenvalue weighted by atomic mass is 10.1. The van der Waals surface area contributed by atoms with Gasteiger partial charge in [0.1, 0.15) is 17.1 Å². The Balaban J connectivity index is 1.85. The number of methoxy groups -OCH3 is 1. The number of nitrogens with zero attached hydrogens (tertiary/aromatic N) is 1. The second kappa shape index (κ2) is 8.01. The predicted octanol–water partition coefficient (Wildman–Crippen LogP) is 5.60. The smallest absolute Gasteiger partial charge is 0.136 e. The molecule has 0 spiro atoms. The molecule has 0 aliphatic carbocycles. The van der Waals surface area contributed by atoms with Crippen LogP contribution in [0.5, 0.6) is 5.75 Å². The van der Waals surface area contributed by atoms with E-state index in [1.807, 2.05) is 66.7 Å². The normalized spacial score (nSPS) is 11.6. The molecule has 1 N–H and O–H groups in total. The van der Waals surface area contributed by atoms with Gasteiger partial charge in [-0.1, -0.05) is 31.2 Å². The van der Waals surface area contributed by atoms with Crippen LogP contribution in [0.25, 0.3) is 22.3 Å². The largest absolute Gasteiger partial charge is 0.497 e. The molecule has 3 aromatic carbocycles. The molecule has 0 saturated heterocycles. The minimum absolute atomic E-state index is 0.757. The quantitative estimate of drug-likeness (QED) is 0.465. The van der Waals surface area contributed by atoms with E-state index in [1.54, 1.807) is 7.11 Å². The first kappa shape index (κ1) is 17.9. The van der Waals surface area contributed by atoms with Gasteiger partial charge in [0.2, 0.25) is 0 Å². The number of hydrogen-bond acceptors (Lipinski definition) is 4. The number of fused-ring (bicyclic) bond motifs is 1. The summed E-state index contributed by atoms with van der Waals surface area (Å²) in [7, 11) is 1.66. The molecule has 0 unspecified atom stereocenters. The number of anilines is 1. The molecule has 0 aliphatic rings. The first-order chi connectivity index (χ1) is 13.8. The maximum absolute atomic E-state index is 6.18. The summed E-state index contributed by atoms with van der Waals surface area (Å²) in [4.78, 5) is 0. The lowest BCUT2D eigenvalue weighted by molar-refractivity contribution is 0.415. The maximum atomic E-state index is 6.18. The van der Waals surface area contributed by atoms with Gasteiger partial charge < -0.3 is 9.15 Å². The van der Waals surface area contributed by atoms with Crippen molar-refractivity contribution in [1.29, 1.82) is 0 Å². The van der Waals surface area contributed by atoms with Crippen molar-refractivity contribution in [2.24, 2.45) is 5.10 Å². The summed E-state index contributed by atoms with van der Waals surface area (Å²) < 4.78 is 11.4. The van der Waals surface area contributed by atoms with Crippen molar-refractivity contribution in [1.82, 2.24) is 0 Å². The second-order valence-corrected chi connectivity index (χ2v) is 6.50. The monoisotopic (exact) mass is 370 g/mol. The summed E-state index contributed by atoms with van der Waals surface area (Å²) in [5.74, 6) is 1.57. The van der Waals surface area contributed by atoms with Gasteiger partial charge in [-0.25, -0.2) is 0 Å². The van der Waals surface area contributed by atoms with Gasteiger partial charge in [-0.05, 0) is 60.5 Å². The summed E-state index contributed by atoms with van der Waals surface area (Å²) >= 11 is 0. The maximum Gasteiger partial charge on any atom is 0.136 e. The van der Waals surface area contributed by atoms with Gasteiger partial charge in [0.15, 0.2) is 0 Å². The fourth-order valence-electron chi connectivity index (χ4n) is 3.06. The predicted molar refractivity (Wildman–Crippen MR) is 113 cm³/mol. The van der Waals surface area contributed by atoms with Crippen LogP contribution in [0.3, 0.4) is 0 Å². The van der Waals surface area contributed by atoms with Gasteiger partial charge in [0, 0.05) is 17.0 Å². The summed E-state index contributed by atoms with van der Waals surface area (Å²) in [6.45, 7) is 2.14. The molecule has 1 heterocycles. The van der Waals surface area contributed by atoms with Crippen molar-refractivity contribution in [3.63, 3.8) is 0 Å². The van der Waals surface area contributed by atoms with Crippen LogP contribution in [0.15, 0.2) is 88.4 Å². The van der Waals surface area contributed by atoms with Crippen LogP contribution >= 0.6 is 0 Å². The van der Waals surface area contributed by atoms with Gasteiger partial charge >= 0.3 is 0 Å². The van der Waals surface area contributed by atoms with Gasteiger partial charge in [-0.3, -0.25) is 5.43 Å². The zero-order chi connectivity index (χ0) is 19.3. The van der Waals surface area contributed by atoms with E-state index in [-0.39, 0.29) is 0 Å². The SMILES string of the molecule is CCc1ccc2oc(-c3ccc(OC)cc3)c/c(=N/Nc3ccccc3)c2c1. The highest BCUT2D eigenvalue weighted by atomic mass is 16.5. The topological polar surface area (TPSA) is 46.8 Å². The van der Waals surface area contributed by atoms with Crippen LogP contribution < -0.4 is 15.5 Å². The molecule has 28 heavy (non-hydrogen) atoms. The van der Waals surface area contributed by atoms with Crippen molar-refractivity contribution in [3.8, 4) is 17.1 Å². The van der Waals surface area contributed by atoms with Crippen LogP contribution in [-0.4, -0.2) is 7.11 Å². The number of nitrogens with one attached hydrogen (secondary N) is 1. The van der Waals surface area contributed by atoms with E-state index < -0.39 is 0 Å². The van der Waals surface area contributed by atoms with Crippen molar-refractivity contribution < 1.29 is 9.15 Å². The fraction of sp³-hybridized carbons (Fsp3) is 0.125. The average molecular weight is 370 g/mol. The highest BCUT2D eigenvalue weighted by Crippen LogP contribution is 2.25. The summed E-state index contributed by atoms with van der Waals surface area (Å²) in [5, 5.41) is 6.49. The molecule has 4 rings (SSSR count). The Hall–Kier alpha value is -3.53. The molecule has 0 aliphatic heterocycles. The highest BCUT2D eigenvalue weighted by molar-refractivity contribution is 5.79. The van der Waals surface area contributed by atoms with E-state index in [1.165, 1.54) is 5.56 Å². The first-order valence-electron chi connectivity index (χ1n) is 9.33.